The molecule has 3 amide bonds. The number of hydrogen-bond donors (Lipinski definition) is 8. The highest BCUT2D eigenvalue weighted by Crippen LogP contribution is 2.13. The molecule has 0 heterocycles. The number of nitrogens with one attached hydrogen (secondary N) is 3. The van der Waals surface area contributed by atoms with E-state index in [9.17, 15) is 39.3 Å². The summed E-state index contributed by atoms with van der Waals surface area (Å²) in [6, 6.07) is 0.427. The van der Waals surface area contributed by atoms with Gasteiger partial charge in [0.15, 0.2) is 0 Å². The van der Waals surface area contributed by atoms with Crippen LogP contribution in [0.2, 0.25) is 0 Å². The zero-order valence-corrected chi connectivity index (χ0v) is 21.0. The van der Waals surface area contributed by atoms with E-state index in [1.165, 1.54) is 31.2 Å². The lowest BCUT2D eigenvalue weighted by Gasteiger charge is -2.26. The fourth-order valence-corrected chi connectivity index (χ4v) is 3.31. The number of aliphatic hydroxyl groups is 1. The molecule has 6 unspecified atom stereocenters. The Labute approximate surface area is 214 Å². The summed E-state index contributed by atoms with van der Waals surface area (Å²) in [5, 5.41) is 44.9. The molecule has 0 aromatic heterocycles. The minimum atomic E-state index is -1.42. The lowest BCUT2D eigenvalue weighted by atomic mass is 9.98. The lowest BCUT2D eigenvalue weighted by Crippen LogP contribution is -2.59. The van der Waals surface area contributed by atoms with Crippen LogP contribution in [0.5, 0.6) is 5.75 Å². The van der Waals surface area contributed by atoms with Gasteiger partial charge in [0.2, 0.25) is 17.7 Å². The van der Waals surface area contributed by atoms with Crippen molar-refractivity contribution in [1.29, 1.82) is 0 Å². The number of carbonyl (C=O) groups excluding carboxylic acids is 3. The second-order valence-corrected chi connectivity index (χ2v) is 8.90. The molecule has 13 nitrogen and oxygen atoms in total. The fourth-order valence-electron chi connectivity index (χ4n) is 3.31. The first-order valence-electron chi connectivity index (χ1n) is 11.8. The highest BCUT2D eigenvalue weighted by Gasteiger charge is 2.32. The molecule has 37 heavy (non-hydrogen) atoms. The molecule has 9 N–H and O–H groups in total. The number of carbonyl (C=O) groups is 5. The zero-order valence-electron chi connectivity index (χ0n) is 21.0. The van der Waals surface area contributed by atoms with Gasteiger partial charge < -0.3 is 42.1 Å². The molecule has 0 aliphatic heterocycles. The van der Waals surface area contributed by atoms with Crippen LogP contribution >= 0.6 is 0 Å². The molecule has 0 aliphatic rings. The van der Waals surface area contributed by atoms with Crippen molar-refractivity contribution in [1.82, 2.24) is 16.0 Å². The number of phenolic OH excluding ortho intramolecular Hbond substituents is 1. The van der Waals surface area contributed by atoms with Crippen LogP contribution < -0.4 is 21.7 Å². The highest BCUT2D eigenvalue weighted by molar-refractivity contribution is 5.94. The van der Waals surface area contributed by atoms with Gasteiger partial charge in [-0.25, -0.2) is 4.79 Å². The Balaban J connectivity index is 3.19. The van der Waals surface area contributed by atoms with Crippen LogP contribution in [-0.4, -0.2) is 80.4 Å². The van der Waals surface area contributed by atoms with Gasteiger partial charge in [-0.05, 0) is 37.0 Å². The molecule has 206 valence electrons. The molecule has 1 aromatic rings. The minimum absolute atomic E-state index is 0.0235. The van der Waals surface area contributed by atoms with E-state index in [1.54, 1.807) is 13.8 Å². The molecule has 0 saturated heterocycles. The molecule has 0 aliphatic carbocycles. The summed E-state index contributed by atoms with van der Waals surface area (Å²) in [5.41, 5.74) is 6.19. The first-order valence-corrected chi connectivity index (χ1v) is 11.8. The summed E-state index contributed by atoms with van der Waals surface area (Å²) < 4.78 is 0. The van der Waals surface area contributed by atoms with E-state index in [0.29, 0.717) is 12.0 Å². The number of amides is 3. The third-order valence-corrected chi connectivity index (χ3v) is 5.89. The van der Waals surface area contributed by atoms with Crippen molar-refractivity contribution in [3.63, 3.8) is 0 Å². The van der Waals surface area contributed by atoms with Crippen LogP contribution in [0, 0.1) is 5.92 Å². The van der Waals surface area contributed by atoms with Gasteiger partial charge in [-0.3, -0.25) is 19.2 Å². The summed E-state index contributed by atoms with van der Waals surface area (Å²) in [7, 11) is 0. The first-order chi connectivity index (χ1) is 17.3. The summed E-state index contributed by atoms with van der Waals surface area (Å²) >= 11 is 0. The number of phenols is 1. The van der Waals surface area contributed by atoms with Crippen LogP contribution in [0.1, 0.15) is 45.6 Å². The van der Waals surface area contributed by atoms with E-state index in [0.717, 1.165) is 0 Å². The maximum absolute atomic E-state index is 13.2. The number of aromatic hydroxyl groups is 1. The Morgan fingerprint density at radius 2 is 1.43 bits per heavy atom. The second-order valence-electron chi connectivity index (χ2n) is 8.90. The Morgan fingerprint density at radius 1 is 0.892 bits per heavy atom. The molecule has 6 atom stereocenters. The number of rotatable bonds is 15. The molecule has 1 rings (SSSR count). The normalized spacial score (nSPS) is 15.8. The van der Waals surface area contributed by atoms with Crippen molar-refractivity contribution in [2.24, 2.45) is 11.7 Å². The third kappa shape index (κ3) is 10.4. The lowest BCUT2D eigenvalue weighted by molar-refractivity contribution is -0.144. The number of hydrogen-bond acceptors (Lipinski definition) is 8. The number of aliphatic hydroxyl groups excluding tert-OH is 1. The van der Waals surface area contributed by atoms with Crippen LogP contribution in [-0.2, 0) is 30.4 Å². The molecule has 0 spiro atoms. The maximum atomic E-state index is 13.2. The van der Waals surface area contributed by atoms with Crippen LogP contribution in [0.3, 0.4) is 0 Å². The average molecular weight is 525 g/mol. The van der Waals surface area contributed by atoms with E-state index in [-0.39, 0.29) is 18.6 Å². The smallest absolute Gasteiger partial charge is 0.326 e. The van der Waals surface area contributed by atoms with Gasteiger partial charge in [-0.15, -0.1) is 0 Å². The van der Waals surface area contributed by atoms with Crippen LogP contribution in [0.15, 0.2) is 24.3 Å². The SMILES string of the molecule is CCC(C)C(NC(=O)C(CCC(=O)O)NC(=O)C(Cc1ccc(O)cc1)NC(=O)C(N)C(C)O)C(=O)O. The van der Waals surface area contributed by atoms with Crippen molar-refractivity contribution >= 4 is 29.7 Å². The summed E-state index contributed by atoms with van der Waals surface area (Å²) in [6.45, 7) is 4.66. The van der Waals surface area contributed by atoms with Crippen molar-refractivity contribution in [3.8, 4) is 5.75 Å². The van der Waals surface area contributed by atoms with Gasteiger partial charge in [0.05, 0.1) is 6.10 Å². The predicted molar refractivity (Wildman–Crippen MR) is 131 cm³/mol. The number of nitrogens with two attached hydrogens (primary N) is 1. The molecular formula is C24H36N4O9. The molecular weight excluding hydrogens is 488 g/mol. The Hall–Kier alpha value is -3.71. The summed E-state index contributed by atoms with van der Waals surface area (Å²) in [4.78, 5) is 61.3. The Bertz CT molecular complexity index is 952. The van der Waals surface area contributed by atoms with Crippen molar-refractivity contribution in [2.45, 2.75) is 76.7 Å². The summed E-state index contributed by atoms with van der Waals surface area (Å²) in [5.74, 6) is -5.58. The molecule has 0 bridgehead atoms. The van der Waals surface area contributed by atoms with Crippen LogP contribution in [0.4, 0.5) is 0 Å². The van der Waals surface area contributed by atoms with E-state index >= 15 is 0 Å². The van der Waals surface area contributed by atoms with Gasteiger partial charge in [0.1, 0.15) is 29.9 Å². The van der Waals surface area contributed by atoms with E-state index in [1.807, 2.05) is 0 Å². The van der Waals surface area contributed by atoms with E-state index in [2.05, 4.69) is 16.0 Å². The Kier molecular flexibility index (Phi) is 12.5. The van der Waals surface area contributed by atoms with Crippen molar-refractivity contribution in [2.75, 3.05) is 0 Å². The third-order valence-electron chi connectivity index (χ3n) is 5.89. The largest absolute Gasteiger partial charge is 0.508 e. The number of aliphatic carboxylic acids is 2. The van der Waals surface area contributed by atoms with Gasteiger partial charge in [0.25, 0.3) is 0 Å². The minimum Gasteiger partial charge on any atom is -0.508 e. The molecule has 0 radical (unpaired) electrons. The van der Waals surface area contributed by atoms with E-state index < -0.39 is 72.3 Å². The van der Waals surface area contributed by atoms with Gasteiger partial charge in [-0.2, -0.15) is 0 Å². The monoisotopic (exact) mass is 524 g/mol. The average Bonchev–Trinajstić information content (AvgIpc) is 2.84. The molecule has 0 fully saturated rings. The number of carboxylic acid groups (broad SMARTS) is 2. The van der Waals surface area contributed by atoms with Crippen molar-refractivity contribution < 1.29 is 44.4 Å². The molecule has 0 saturated carbocycles. The maximum Gasteiger partial charge on any atom is 0.326 e. The highest BCUT2D eigenvalue weighted by atomic mass is 16.4. The summed E-state index contributed by atoms with van der Waals surface area (Å²) in [6.07, 6.45) is -1.72. The quantitative estimate of drug-likeness (QED) is 0.141. The molecule has 1 aromatic carbocycles. The number of benzene rings is 1. The first kappa shape index (κ1) is 31.3. The fraction of sp³-hybridized carbons (Fsp3) is 0.542. The van der Waals surface area contributed by atoms with E-state index in [4.69, 9.17) is 10.8 Å². The standard InChI is InChI=1S/C24H36N4O9/c1-4-12(2)20(24(36)37)28-21(33)16(9-10-18(31)32)26-22(34)17(27-23(35)19(25)13(3)29)11-14-5-7-15(30)8-6-14/h5-8,12-13,16-17,19-20,29-30H,4,9-11,25H2,1-3H3,(H,26,34)(H,27,35)(H,28,33)(H,31,32)(H,36,37). The molecule has 13 heteroatoms. The van der Waals surface area contributed by atoms with Crippen LogP contribution in [0.25, 0.3) is 0 Å². The van der Waals surface area contributed by atoms with Crippen molar-refractivity contribution in [3.05, 3.63) is 29.8 Å². The zero-order chi connectivity index (χ0) is 28.3. The Morgan fingerprint density at radius 3 is 1.92 bits per heavy atom. The van der Waals surface area contributed by atoms with Gasteiger partial charge in [0, 0.05) is 12.8 Å². The van der Waals surface area contributed by atoms with Gasteiger partial charge in [-0.1, -0.05) is 32.4 Å². The van der Waals surface area contributed by atoms with Gasteiger partial charge >= 0.3 is 11.9 Å². The predicted octanol–water partition coefficient (Wildman–Crippen LogP) is -0.907. The number of carboxylic acids is 2. The second kappa shape index (κ2) is 14.8. The topological polar surface area (TPSA) is 228 Å².